The van der Waals surface area contributed by atoms with Crippen LogP contribution < -0.4 is 5.32 Å². The summed E-state index contributed by atoms with van der Waals surface area (Å²) in [6.07, 6.45) is -0.589. The first-order valence-corrected chi connectivity index (χ1v) is 6.29. The van der Waals surface area contributed by atoms with E-state index in [0.29, 0.717) is 10.6 Å². The molecule has 1 aromatic rings. The second kappa shape index (κ2) is 5.39. The highest BCUT2D eigenvalue weighted by Gasteiger charge is 2.21. The topological polar surface area (TPSA) is 64.6 Å². The van der Waals surface area contributed by atoms with Crippen molar-refractivity contribution in [2.45, 2.75) is 33.3 Å². The lowest BCUT2D eigenvalue weighted by atomic mass is 10.2. The van der Waals surface area contributed by atoms with Gasteiger partial charge in [-0.05, 0) is 38.6 Å². The minimum absolute atomic E-state index is 0.362. The number of aryl methyl sites for hydroxylation is 1. The van der Waals surface area contributed by atoms with Gasteiger partial charge in [-0.15, -0.1) is 11.3 Å². The Labute approximate surface area is 110 Å². The smallest absolute Gasteiger partial charge is 0.412 e. The average molecular weight is 271 g/mol. The Hall–Kier alpha value is -1.56. The number of nitrogens with one attached hydrogen (secondary N) is 1. The fourth-order valence-electron chi connectivity index (χ4n) is 1.25. The highest BCUT2D eigenvalue weighted by molar-refractivity contribution is 7.12. The van der Waals surface area contributed by atoms with Crippen molar-refractivity contribution in [1.29, 1.82) is 0 Å². The van der Waals surface area contributed by atoms with Gasteiger partial charge in [-0.2, -0.15) is 0 Å². The molecule has 6 heteroatoms. The Morgan fingerprint density at radius 3 is 2.44 bits per heavy atom. The van der Waals surface area contributed by atoms with Crippen molar-refractivity contribution in [3.63, 3.8) is 0 Å². The van der Waals surface area contributed by atoms with Crippen LogP contribution in [0.2, 0.25) is 0 Å². The average Bonchev–Trinajstić information content (AvgIpc) is 2.57. The van der Waals surface area contributed by atoms with Crippen LogP contribution in [-0.2, 0) is 9.47 Å². The lowest BCUT2D eigenvalue weighted by molar-refractivity contribution is 0.0607. The second-order valence-electron chi connectivity index (χ2n) is 4.74. The summed E-state index contributed by atoms with van der Waals surface area (Å²) in [4.78, 5) is 23.5. The molecule has 0 fully saturated rings. The summed E-state index contributed by atoms with van der Waals surface area (Å²) in [5, 5.41) is 4.36. The van der Waals surface area contributed by atoms with Gasteiger partial charge in [0.1, 0.15) is 10.5 Å². The molecule has 5 nitrogen and oxygen atoms in total. The number of hydrogen-bond donors (Lipinski definition) is 1. The van der Waals surface area contributed by atoms with E-state index in [1.165, 1.54) is 18.4 Å². The van der Waals surface area contributed by atoms with Crippen molar-refractivity contribution in [2.75, 3.05) is 12.4 Å². The van der Waals surface area contributed by atoms with Crippen LogP contribution in [-0.4, -0.2) is 24.8 Å². The summed E-state index contributed by atoms with van der Waals surface area (Å²) in [5.41, 5.74) is 0.659. The number of amides is 1. The number of esters is 1. The molecular formula is C12H17NO4S. The van der Waals surface area contributed by atoms with Gasteiger partial charge in [0, 0.05) is 0 Å². The van der Waals surface area contributed by atoms with Crippen LogP contribution in [0.3, 0.4) is 0 Å². The minimum atomic E-state index is -0.589. The third kappa shape index (κ3) is 3.73. The molecule has 0 aromatic carbocycles. The molecule has 100 valence electrons. The van der Waals surface area contributed by atoms with E-state index in [1.54, 1.807) is 33.1 Å². The summed E-state index contributed by atoms with van der Waals surface area (Å²) < 4.78 is 9.79. The van der Waals surface area contributed by atoms with Crippen molar-refractivity contribution < 1.29 is 19.1 Å². The lowest BCUT2D eigenvalue weighted by Gasteiger charge is -2.19. The molecule has 1 N–H and O–H groups in total. The monoisotopic (exact) mass is 271 g/mol. The van der Waals surface area contributed by atoms with Gasteiger partial charge in [0.05, 0.1) is 12.8 Å². The number of ether oxygens (including phenoxy) is 2. The van der Waals surface area contributed by atoms with E-state index in [9.17, 15) is 9.59 Å². The molecule has 0 aliphatic carbocycles. The van der Waals surface area contributed by atoms with Crippen LogP contribution >= 0.6 is 11.3 Å². The number of hydrogen-bond acceptors (Lipinski definition) is 5. The molecule has 0 bridgehead atoms. The predicted octanol–water partition coefficient (Wildman–Crippen LogP) is 3.19. The third-order valence-electron chi connectivity index (χ3n) is 1.97. The summed E-state index contributed by atoms with van der Waals surface area (Å²) >= 11 is 1.22. The predicted molar refractivity (Wildman–Crippen MR) is 70.3 cm³/mol. The summed E-state index contributed by atoms with van der Waals surface area (Å²) in [6.45, 7) is 7.12. The maximum absolute atomic E-state index is 11.7. The fourth-order valence-corrected chi connectivity index (χ4v) is 2.17. The molecule has 0 atom stereocenters. The lowest BCUT2D eigenvalue weighted by Crippen LogP contribution is -2.27. The largest absolute Gasteiger partial charge is 0.465 e. The Morgan fingerprint density at radius 1 is 1.33 bits per heavy atom. The molecule has 1 heterocycles. The first-order chi connectivity index (χ1) is 8.24. The Bertz CT molecular complexity index is 459. The number of rotatable bonds is 2. The van der Waals surface area contributed by atoms with Crippen molar-refractivity contribution in [3.8, 4) is 0 Å². The first-order valence-electron chi connectivity index (χ1n) is 5.41. The molecule has 1 amide bonds. The maximum atomic E-state index is 11.7. The van der Waals surface area contributed by atoms with Crippen LogP contribution in [0.15, 0.2) is 5.38 Å². The van der Waals surface area contributed by atoms with Gasteiger partial charge < -0.3 is 9.47 Å². The Morgan fingerprint density at radius 2 is 1.94 bits per heavy atom. The molecule has 0 aliphatic rings. The quantitative estimate of drug-likeness (QED) is 0.839. The molecule has 0 spiro atoms. The Kier molecular flexibility index (Phi) is 4.34. The summed E-state index contributed by atoms with van der Waals surface area (Å²) in [7, 11) is 1.30. The van der Waals surface area contributed by atoms with Gasteiger partial charge in [-0.1, -0.05) is 0 Å². The molecule has 18 heavy (non-hydrogen) atoms. The molecule has 0 aliphatic heterocycles. The van der Waals surface area contributed by atoms with Gasteiger partial charge in [0.15, 0.2) is 0 Å². The molecule has 0 unspecified atom stereocenters. The van der Waals surface area contributed by atoms with E-state index in [1.807, 2.05) is 0 Å². The van der Waals surface area contributed by atoms with Crippen LogP contribution in [0.5, 0.6) is 0 Å². The zero-order chi connectivity index (χ0) is 13.9. The van der Waals surface area contributed by atoms with Gasteiger partial charge in [0.2, 0.25) is 0 Å². The van der Waals surface area contributed by atoms with E-state index in [0.717, 1.165) is 5.56 Å². The molecule has 0 saturated heterocycles. The van der Waals surface area contributed by atoms with Gasteiger partial charge in [0.25, 0.3) is 0 Å². The van der Waals surface area contributed by atoms with E-state index < -0.39 is 17.7 Å². The van der Waals surface area contributed by atoms with Crippen molar-refractivity contribution in [3.05, 3.63) is 15.8 Å². The Balaban J connectivity index is 2.87. The number of methoxy groups -OCH3 is 1. The molecular weight excluding hydrogens is 254 g/mol. The third-order valence-corrected chi connectivity index (χ3v) is 3.05. The highest BCUT2D eigenvalue weighted by Crippen LogP contribution is 2.28. The van der Waals surface area contributed by atoms with Crippen molar-refractivity contribution >= 4 is 29.1 Å². The van der Waals surface area contributed by atoms with Gasteiger partial charge in [-0.3, -0.25) is 5.32 Å². The fraction of sp³-hybridized carbons (Fsp3) is 0.500. The summed E-state index contributed by atoms with van der Waals surface area (Å²) in [6, 6.07) is 0. The van der Waals surface area contributed by atoms with Gasteiger partial charge in [-0.25, -0.2) is 9.59 Å². The van der Waals surface area contributed by atoms with Crippen LogP contribution in [0, 0.1) is 6.92 Å². The van der Waals surface area contributed by atoms with E-state index in [4.69, 9.17) is 4.74 Å². The zero-order valence-corrected chi connectivity index (χ0v) is 11.9. The zero-order valence-electron chi connectivity index (χ0n) is 11.1. The van der Waals surface area contributed by atoms with Crippen molar-refractivity contribution in [1.82, 2.24) is 0 Å². The highest BCUT2D eigenvalue weighted by atomic mass is 32.1. The van der Waals surface area contributed by atoms with Crippen LogP contribution in [0.1, 0.15) is 36.0 Å². The second-order valence-corrected chi connectivity index (χ2v) is 5.62. The number of carbonyl (C=O) groups is 2. The SMILES string of the molecule is COC(=O)c1scc(C)c1NC(=O)OC(C)(C)C. The molecule has 0 saturated carbocycles. The number of carbonyl (C=O) groups excluding carboxylic acids is 2. The normalized spacial score (nSPS) is 10.9. The molecule has 1 aromatic heterocycles. The standard InChI is InChI=1S/C12H17NO4S/c1-7-6-18-9(10(14)16-5)8(7)13-11(15)17-12(2,3)4/h6H,1-5H3,(H,13,15). The minimum Gasteiger partial charge on any atom is -0.465 e. The number of thiophene rings is 1. The van der Waals surface area contributed by atoms with E-state index in [2.05, 4.69) is 10.1 Å². The summed E-state index contributed by atoms with van der Waals surface area (Å²) in [5.74, 6) is -0.473. The van der Waals surface area contributed by atoms with E-state index in [-0.39, 0.29) is 0 Å². The molecule has 1 rings (SSSR count). The maximum Gasteiger partial charge on any atom is 0.412 e. The first kappa shape index (κ1) is 14.5. The van der Waals surface area contributed by atoms with Crippen molar-refractivity contribution in [2.24, 2.45) is 0 Å². The molecule has 0 radical (unpaired) electrons. The van der Waals surface area contributed by atoms with Crippen LogP contribution in [0.4, 0.5) is 10.5 Å². The number of anilines is 1. The van der Waals surface area contributed by atoms with Crippen LogP contribution in [0.25, 0.3) is 0 Å². The van der Waals surface area contributed by atoms with Gasteiger partial charge >= 0.3 is 12.1 Å². The van der Waals surface area contributed by atoms with E-state index >= 15 is 0 Å².